The Balaban J connectivity index is 1.90. The first-order valence-electron chi connectivity index (χ1n) is 6.38. The standard InChI is InChI=1S/C13H17FN4O2/c14-9-1-2-11(10(15)7-9)17-13(20)8-18-5-3-12(19)16-4-6-18/h1-2,7H,3-6,8,15H2,(H,16,19)(H,17,20). The molecular weight excluding hydrogens is 263 g/mol. The first-order chi connectivity index (χ1) is 9.54. The number of nitrogens with zero attached hydrogens (tertiary/aromatic N) is 1. The molecule has 0 aromatic heterocycles. The molecule has 0 radical (unpaired) electrons. The fourth-order valence-corrected chi connectivity index (χ4v) is 2.01. The molecule has 4 N–H and O–H groups in total. The molecule has 0 aliphatic carbocycles. The first kappa shape index (κ1) is 14.3. The smallest absolute Gasteiger partial charge is 0.238 e. The summed E-state index contributed by atoms with van der Waals surface area (Å²) in [4.78, 5) is 25.0. The van der Waals surface area contributed by atoms with Crippen molar-refractivity contribution in [1.82, 2.24) is 10.2 Å². The van der Waals surface area contributed by atoms with Gasteiger partial charge in [0.2, 0.25) is 11.8 Å². The van der Waals surface area contributed by atoms with Crippen LogP contribution in [0.4, 0.5) is 15.8 Å². The molecule has 1 aromatic carbocycles. The second kappa shape index (κ2) is 6.33. The Morgan fingerprint density at radius 3 is 3.00 bits per heavy atom. The van der Waals surface area contributed by atoms with E-state index in [2.05, 4.69) is 10.6 Å². The molecule has 1 heterocycles. The van der Waals surface area contributed by atoms with Gasteiger partial charge >= 0.3 is 0 Å². The SMILES string of the molecule is Nc1cc(F)ccc1NC(=O)CN1CCNC(=O)CC1. The van der Waals surface area contributed by atoms with Crippen molar-refractivity contribution in [2.45, 2.75) is 6.42 Å². The molecule has 0 bridgehead atoms. The summed E-state index contributed by atoms with van der Waals surface area (Å²) >= 11 is 0. The van der Waals surface area contributed by atoms with Crippen LogP contribution in [0.1, 0.15) is 6.42 Å². The second-order valence-electron chi connectivity index (χ2n) is 4.66. The number of nitrogen functional groups attached to an aromatic ring is 1. The van der Waals surface area contributed by atoms with Crippen molar-refractivity contribution in [3.63, 3.8) is 0 Å². The lowest BCUT2D eigenvalue weighted by molar-refractivity contribution is -0.121. The number of nitrogens with one attached hydrogen (secondary N) is 2. The third-order valence-electron chi connectivity index (χ3n) is 3.06. The Hall–Kier alpha value is -2.15. The Kier molecular flexibility index (Phi) is 4.52. The van der Waals surface area contributed by atoms with Gasteiger partial charge in [0.1, 0.15) is 5.82 Å². The van der Waals surface area contributed by atoms with Crippen LogP contribution in [0.25, 0.3) is 0 Å². The topological polar surface area (TPSA) is 87.5 Å². The van der Waals surface area contributed by atoms with Crippen molar-refractivity contribution in [3.8, 4) is 0 Å². The van der Waals surface area contributed by atoms with Gasteiger partial charge in [-0.25, -0.2) is 4.39 Å². The van der Waals surface area contributed by atoms with Crippen LogP contribution in [0.15, 0.2) is 18.2 Å². The number of carbonyl (C=O) groups is 2. The van der Waals surface area contributed by atoms with Crippen molar-refractivity contribution in [1.29, 1.82) is 0 Å². The minimum Gasteiger partial charge on any atom is -0.397 e. The maximum absolute atomic E-state index is 12.9. The van der Waals surface area contributed by atoms with Gasteiger partial charge in [-0.05, 0) is 18.2 Å². The van der Waals surface area contributed by atoms with Gasteiger partial charge in [-0.15, -0.1) is 0 Å². The average molecular weight is 280 g/mol. The van der Waals surface area contributed by atoms with Crippen LogP contribution in [0.2, 0.25) is 0 Å². The number of benzene rings is 1. The lowest BCUT2D eigenvalue weighted by Gasteiger charge is -2.18. The molecule has 1 aliphatic heterocycles. The lowest BCUT2D eigenvalue weighted by Crippen LogP contribution is -2.35. The normalized spacial score (nSPS) is 16.4. The largest absolute Gasteiger partial charge is 0.397 e. The van der Waals surface area contributed by atoms with Crippen LogP contribution < -0.4 is 16.4 Å². The Morgan fingerprint density at radius 2 is 2.25 bits per heavy atom. The quantitative estimate of drug-likeness (QED) is 0.689. The molecule has 0 spiro atoms. The summed E-state index contributed by atoms with van der Waals surface area (Å²) in [5.74, 6) is -0.689. The Morgan fingerprint density at radius 1 is 1.45 bits per heavy atom. The molecule has 7 heteroatoms. The minimum absolute atomic E-state index is 0.00399. The molecule has 2 amide bonds. The number of anilines is 2. The van der Waals surface area contributed by atoms with Gasteiger partial charge in [0.15, 0.2) is 0 Å². The van der Waals surface area contributed by atoms with Gasteiger partial charge in [0, 0.05) is 26.1 Å². The van der Waals surface area contributed by atoms with Gasteiger partial charge in [-0.1, -0.05) is 0 Å². The van der Waals surface area contributed by atoms with Crippen molar-refractivity contribution in [3.05, 3.63) is 24.0 Å². The van der Waals surface area contributed by atoms with Crippen LogP contribution in [0, 0.1) is 5.82 Å². The van der Waals surface area contributed by atoms with Crippen molar-refractivity contribution in [2.24, 2.45) is 0 Å². The third kappa shape index (κ3) is 3.92. The first-order valence-corrected chi connectivity index (χ1v) is 6.38. The molecule has 0 atom stereocenters. The van der Waals surface area contributed by atoms with E-state index in [0.717, 1.165) is 6.07 Å². The summed E-state index contributed by atoms with van der Waals surface area (Å²) in [5, 5.41) is 5.38. The highest BCUT2D eigenvalue weighted by Crippen LogP contribution is 2.18. The van der Waals surface area contributed by atoms with Gasteiger partial charge in [-0.2, -0.15) is 0 Å². The third-order valence-corrected chi connectivity index (χ3v) is 3.06. The highest BCUT2D eigenvalue weighted by molar-refractivity contribution is 5.95. The van der Waals surface area contributed by atoms with E-state index in [1.165, 1.54) is 12.1 Å². The average Bonchev–Trinajstić information content (AvgIpc) is 2.58. The molecule has 0 saturated carbocycles. The van der Waals surface area contributed by atoms with Crippen molar-refractivity contribution in [2.75, 3.05) is 37.2 Å². The fraction of sp³-hybridized carbons (Fsp3) is 0.385. The van der Waals surface area contributed by atoms with Gasteiger partial charge in [-0.3, -0.25) is 14.5 Å². The number of nitrogens with two attached hydrogens (primary N) is 1. The van der Waals surface area contributed by atoms with Crippen molar-refractivity contribution >= 4 is 23.2 Å². The van der Waals surface area contributed by atoms with E-state index in [0.29, 0.717) is 31.7 Å². The number of amides is 2. The van der Waals surface area contributed by atoms with Crippen LogP contribution in [0.5, 0.6) is 0 Å². The molecule has 1 saturated heterocycles. The maximum Gasteiger partial charge on any atom is 0.238 e. The van der Waals surface area contributed by atoms with Crippen LogP contribution in [0.3, 0.4) is 0 Å². The molecule has 2 rings (SSSR count). The van der Waals surface area contributed by atoms with Gasteiger partial charge in [0.25, 0.3) is 0 Å². The van der Waals surface area contributed by atoms with E-state index >= 15 is 0 Å². The van der Waals surface area contributed by atoms with Gasteiger partial charge in [0.05, 0.1) is 17.9 Å². The number of carbonyl (C=O) groups excluding carboxylic acids is 2. The molecule has 1 aliphatic rings. The predicted octanol–water partition coefficient (Wildman–Crippen LogP) is 0.168. The van der Waals surface area contributed by atoms with E-state index in [4.69, 9.17) is 5.73 Å². The summed E-state index contributed by atoms with van der Waals surface area (Å²) in [5.41, 5.74) is 6.20. The molecular formula is C13H17FN4O2. The predicted molar refractivity (Wildman–Crippen MR) is 73.5 cm³/mol. The van der Waals surface area contributed by atoms with E-state index in [9.17, 15) is 14.0 Å². The fourth-order valence-electron chi connectivity index (χ4n) is 2.01. The zero-order valence-electron chi connectivity index (χ0n) is 11.0. The number of rotatable bonds is 3. The zero-order chi connectivity index (χ0) is 14.5. The summed E-state index contributed by atoms with van der Waals surface area (Å²) < 4.78 is 12.9. The van der Waals surface area contributed by atoms with Crippen LogP contribution in [-0.2, 0) is 9.59 Å². The zero-order valence-corrected chi connectivity index (χ0v) is 11.0. The minimum atomic E-state index is -0.447. The number of hydrogen-bond donors (Lipinski definition) is 3. The number of hydrogen-bond acceptors (Lipinski definition) is 4. The highest BCUT2D eigenvalue weighted by atomic mass is 19.1. The molecule has 1 aromatic rings. The summed E-state index contributed by atoms with van der Waals surface area (Å²) in [7, 11) is 0. The van der Waals surface area contributed by atoms with E-state index in [1.54, 1.807) is 0 Å². The molecule has 6 nitrogen and oxygen atoms in total. The monoisotopic (exact) mass is 280 g/mol. The summed E-state index contributed by atoms with van der Waals surface area (Å²) in [6.07, 6.45) is 0.381. The molecule has 20 heavy (non-hydrogen) atoms. The van der Waals surface area contributed by atoms with Gasteiger partial charge < -0.3 is 16.4 Å². The van der Waals surface area contributed by atoms with Crippen LogP contribution >= 0.6 is 0 Å². The molecule has 1 fully saturated rings. The highest BCUT2D eigenvalue weighted by Gasteiger charge is 2.16. The molecule has 108 valence electrons. The summed E-state index contributed by atoms with van der Waals surface area (Å²) in [6, 6.07) is 3.82. The Labute approximate surface area is 116 Å². The van der Waals surface area contributed by atoms with Crippen molar-refractivity contribution < 1.29 is 14.0 Å². The molecule has 0 unspecified atom stereocenters. The maximum atomic E-state index is 12.9. The van der Waals surface area contributed by atoms with Crippen LogP contribution in [-0.4, -0.2) is 42.9 Å². The summed E-state index contributed by atoms with van der Waals surface area (Å²) in [6.45, 7) is 1.87. The van der Waals surface area contributed by atoms with E-state index < -0.39 is 5.82 Å². The second-order valence-corrected chi connectivity index (χ2v) is 4.66. The number of halogens is 1. The van der Waals surface area contributed by atoms with E-state index in [1.807, 2.05) is 4.90 Å². The van der Waals surface area contributed by atoms with E-state index in [-0.39, 0.29) is 24.0 Å². The Bertz CT molecular complexity index is 521. The lowest BCUT2D eigenvalue weighted by atomic mass is 10.2.